The zero-order valence-corrected chi connectivity index (χ0v) is 42.6. The number of carbonyl (C=O) groups excluding carboxylic acids is 5. The van der Waals surface area contributed by atoms with E-state index >= 15 is 0 Å². The quantitative estimate of drug-likeness (QED) is 0.123. The topological polar surface area (TPSA) is 201 Å². The van der Waals surface area contributed by atoms with Crippen LogP contribution in [0.5, 0.6) is 0 Å². The maximum absolute atomic E-state index is 9.84. The molecule has 0 atom stereocenters. The Kier molecular flexibility index (Phi) is 178. The fraction of sp³-hybridized carbons (Fsp3) is 0.438. The first-order chi connectivity index (χ1) is 13.4. The number of rotatable bonds is 10. The number of hydrogen-bond acceptors (Lipinski definition) is 11. The third-order valence-corrected chi connectivity index (χ3v) is 2.67. The summed E-state index contributed by atoms with van der Waals surface area (Å²) in [6.07, 6.45) is 2.23. The van der Waals surface area contributed by atoms with Crippen LogP contribution in [0.1, 0.15) is 34.0 Å². The minimum atomic E-state index is -1.23. The second-order valence-electron chi connectivity index (χ2n) is 4.02. The Morgan fingerprint density at radius 3 is 0.919 bits per heavy atom. The van der Waals surface area contributed by atoms with Crippen molar-refractivity contribution in [3.05, 3.63) is 25.3 Å². The van der Waals surface area contributed by atoms with Crippen LogP contribution in [0, 0.1) is 0 Å². The van der Waals surface area contributed by atoms with E-state index in [0.29, 0.717) is 17.9 Å². The van der Waals surface area contributed by atoms with Crippen molar-refractivity contribution in [2.45, 2.75) is 32.6 Å². The SMILES string of the molecule is C=CC(=O)[O-].C=CC(=O)[O-].CCCC(=O)[O-].O=C([O-])CCSCCC(=O)[O-].S.S.[H-].[Na+].[Na+].[Na+].[Na+].[Na+].[Na+].[Na][Na]. The fourth-order valence-corrected chi connectivity index (χ4v) is 1.44. The molecule has 37 heavy (non-hydrogen) atoms. The molecule has 0 unspecified atom stereocenters. The Morgan fingerprint density at radius 2 is 0.838 bits per heavy atom. The normalized spacial score (nSPS) is 6.08. The monoisotopic (exact) mass is 658 g/mol. The molecule has 0 saturated carbocycles. The van der Waals surface area contributed by atoms with Crippen LogP contribution in [-0.2, 0) is 24.0 Å². The van der Waals surface area contributed by atoms with Crippen molar-refractivity contribution >= 4 is 112 Å². The van der Waals surface area contributed by atoms with Gasteiger partial charge in [0.05, 0.1) is 11.9 Å². The summed E-state index contributed by atoms with van der Waals surface area (Å²) in [5.74, 6) is -4.84. The molecule has 0 N–H and O–H groups in total. The molecule has 0 heterocycles. The average molecular weight is 658 g/mol. The molecule has 0 saturated heterocycles. The molecule has 21 heteroatoms. The van der Waals surface area contributed by atoms with Gasteiger partial charge in [0.15, 0.2) is 0 Å². The van der Waals surface area contributed by atoms with Crippen LogP contribution in [0.2, 0.25) is 0 Å². The van der Waals surface area contributed by atoms with Gasteiger partial charge in [0, 0.05) is 17.9 Å². The summed E-state index contributed by atoms with van der Waals surface area (Å²) in [6.45, 7) is 7.60. The molecule has 0 aromatic rings. The van der Waals surface area contributed by atoms with Gasteiger partial charge in [0.1, 0.15) is 0 Å². The van der Waals surface area contributed by atoms with Crippen molar-refractivity contribution < 1.29 is 228 Å². The van der Waals surface area contributed by atoms with E-state index in [0.717, 1.165) is 12.2 Å². The summed E-state index contributed by atoms with van der Waals surface area (Å²) >= 11 is 4.16. The fourth-order valence-electron chi connectivity index (χ4n) is 0.617. The number of carbonyl (C=O) groups is 5. The van der Waals surface area contributed by atoms with Gasteiger partial charge in [0.25, 0.3) is 0 Å². The van der Waals surface area contributed by atoms with Crippen LogP contribution < -0.4 is 203 Å². The van der Waals surface area contributed by atoms with Crippen molar-refractivity contribution in [2.75, 3.05) is 11.5 Å². The third-order valence-electron chi connectivity index (χ3n) is 1.69. The van der Waals surface area contributed by atoms with Crippen molar-refractivity contribution in [1.29, 1.82) is 0 Å². The molecular weight excluding hydrogens is 632 g/mol. The van der Waals surface area contributed by atoms with Gasteiger partial charge in [0.2, 0.25) is 0 Å². The summed E-state index contributed by atoms with van der Waals surface area (Å²) in [5.41, 5.74) is 0. The third kappa shape index (κ3) is 153. The molecule has 0 aromatic carbocycles. The van der Waals surface area contributed by atoms with E-state index in [-0.39, 0.29) is 225 Å². The van der Waals surface area contributed by atoms with Crippen LogP contribution in [0.3, 0.4) is 0 Å². The summed E-state index contributed by atoms with van der Waals surface area (Å²) < 4.78 is 0. The predicted molar refractivity (Wildman–Crippen MR) is 120 cm³/mol. The molecule has 0 amide bonds. The first kappa shape index (κ1) is 84.2. The zero-order valence-electron chi connectivity index (χ0n) is 24.8. The summed E-state index contributed by atoms with van der Waals surface area (Å²) in [6, 6.07) is 0. The molecule has 0 fully saturated rings. The number of aliphatic carboxylic acids is 5. The number of carboxylic acids is 5. The van der Waals surface area contributed by atoms with Crippen LogP contribution in [-0.4, -0.2) is 85.0 Å². The molecule has 176 valence electrons. The van der Waals surface area contributed by atoms with Gasteiger partial charge < -0.3 is 50.9 Å². The van der Waals surface area contributed by atoms with E-state index in [1.807, 2.05) is 0 Å². The second kappa shape index (κ2) is 78.4. The molecule has 0 rings (SSSR count). The van der Waals surface area contributed by atoms with Gasteiger partial charge in [-0.15, -0.1) is 0 Å². The Hall–Kier alpha value is 5.88. The van der Waals surface area contributed by atoms with Crippen molar-refractivity contribution in [3.63, 3.8) is 0 Å². The first-order valence-electron chi connectivity index (χ1n) is 8.28. The van der Waals surface area contributed by atoms with E-state index in [9.17, 15) is 29.7 Å². The predicted octanol–water partition coefficient (Wildman–Crippen LogP) is -23.0. The van der Waals surface area contributed by atoms with E-state index in [2.05, 4.69) is 13.2 Å². The Balaban J connectivity index is -0.0000000159. The van der Waals surface area contributed by atoms with Gasteiger partial charge in [-0.3, -0.25) is 0 Å². The molecule has 0 radical (unpaired) electrons. The average Bonchev–Trinajstić information content (AvgIpc) is 2.64. The Bertz CT molecular complexity index is 482. The molecule has 0 bridgehead atoms. The van der Waals surface area contributed by atoms with E-state index in [1.54, 1.807) is 6.92 Å². The maximum atomic E-state index is 9.84. The van der Waals surface area contributed by atoms with Crippen LogP contribution in [0.25, 0.3) is 0 Å². The minimum absolute atomic E-state index is 0. The first-order valence-corrected chi connectivity index (χ1v) is 17.4. The van der Waals surface area contributed by atoms with E-state index < -0.39 is 29.8 Å². The number of hydrogen-bond donors (Lipinski definition) is 0. The Labute approximate surface area is 400 Å². The van der Waals surface area contributed by atoms with Gasteiger partial charge in [-0.2, -0.15) is 38.8 Å². The van der Waals surface area contributed by atoms with Crippen molar-refractivity contribution in [1.82, 2.24) is 0 Å². The molecule has 0 aromatic heterocycles. The van der Waals surface area contributed by atoms with Crippen molar-refractivity contribution in [3.8, 4) is 0 Å². The van der Waals surface area contributed by atoms with Gasteiger partial charge in [-0.25, -0.2) is 0 Å². The van der Waals surface area contributed by atoms with E-state index in [4.69, 9.17) is 19.8 Å². The number of thioether (sulfide) groups is 1. The van der Waals surface area contributed by atoms with Crippen LogP contribution in [0.15, 0.2) is 25.3 Å². The van der Waals surface area contributed by atoms with Gasteiger partial charge in [-0.1, -0.05) is 26.5 Å². The van der Waals surface area contributed by atoms with Crippen LogP contribution >= 0.6 is 38.8 Å². The second-order valence-corrected chi connectivity index (χ2v) is 5.25. The standard InChI is InChI=1S/C6H10O4S.C4H8O2.2C3H4O2.8Na.2H2S.H/c7-5(8)1-3-11-4-2-6(9)10;1-2-3-4(5)6;2*1-2-3(4)5;;;;;;;;;;;/h1-4H2,(H,7,8)(H,9,10);2-3H2,1H3,(H,5,6);2*2H,1H2,(H,4,5);;;;;;;;;2*1H2;/q;;;;;;6*+1;;;-1/p-5. The van der Waals surface area contributed by atoms with Crippen LogP contribution in [0.4, 0.5) is 0 Å². The molecule has 0 spiro atoms. The number of carboxylic acid groups (broad SMARTS) is 5. The molecular formula is C16H26Na8O10S3. The molecule has 10 nitrogen and oxygen atoms in total. The van der Waals surface area contributed by atoms with Crippen molar-refractivity contribution in [2.24, 2.45) is 0 Å². The van der Waals surface area contributed by atoms with E-state index in [1.165, 1.54) is 55.4 Å². The summed E-state index contributed by atoms with van der Waals surface area (Å²) in [4.78, 5) is 47.5. The molecule has 0 aliphatic rings. The Morgan fingerprint density at radius 1 is 0.649 bits per heavy atom. The summed E-state index contributed by atoms with van der Waals surface area (Å²) in [7, 11) is 0. The molecule has 0 aliphatic carbocycles. The zero-order chi connectivity index (χ0) is 24.3. The summed E-state index contributed by atoms with van der Waals surface area (Å²) in [5, 5.41) is 47.5. The van der Waals surface area contributed by atoms with Gasteiger partial charge >= 0.3 is 221 Å². The van der Waals surface area contributed by atoms with Gasteiger partial charge in [-0.05, 0) is 42.9 Å². The molecule has 0 aliphatic heterocycles.